The van der Waals surface area contributed by atoms with Gasteiger partial charge in [-0.05, 0) is 25.7 Å². The Labute approximate surface area is 99.2 Å². The Hall–Kier alpha value is -2.04. The predicted octanol–water partition coefficient (Wildman–Crippen LogP) is 1.39. The summed E-state index contributed by atoms with van der Waals surface area (Å²) in [7, 11) is 0. The molecule has 0 amide bonds. The second-order valence-electron chi connectivity index (χ2n) is 4.16. The van der Waals surface area contributed by atoms with Gasteiger partial charge < -0.3 is 5.73 Å². The van der Waals surface area contributed by atoms with Crippen molar-refractivity contribution >= 4 is 5.82 Å². The maximum Gasteiger partial charge on any atom is 0.182 e. The van der Waals surface area contributed by atoms with Crippen molar-refractivity contribution in [3.63, 3.8) is 0 Å². The summed E-state index contributed by atoms with van der Waals surface area (Å²) in [6.07, 6.45) is 9.23. The highest BCUT2D eigenvalue weighted by Crippen LogP contribution is 2.25. The monoisotopic (exact) mass is 227 g/mol. The van der Waals surface area contributed by atoms with Crippen LogP contribution in [-0.4, -0.2) is 19.9 Å². The van der Waals surface area contributed by atoms with Crippen LogP contribution in [-0.2, 0) is 12.8 Å². The lowest BCUT2D eigenvalue weighted by molar-refractivity contribution is 0.665. The Morgan fingerprint density at radius 2 is 1.94 bits per heavy atom. The third-order valence-corrected chi connectivity index (χ3v) is 3.01. The Morgan fingerprint density at radius 3 is 2.76 bits per heavy atom. The second kappa shape index (κ2) is 4.08. The summed E-state index contributed by atoms with van der Waals surface area (Å²) >= 11 is 0. The fourth-order valence-corrected chi connectivity index (χ4v) is 2.15. The molecule has 3 rings (SSSR count). The smallest absolute Gasteiger partial charge is 0.182 e. The van der Waals surface area contributed by atoms with Crippen molar-refractivity contribution in [2.45, 2.75) is 25.7 Å². The molecule has 0 saturated heterocycles. The number of hydrogen-bond acceptors (Lipinski definition) is 5. The molecule has 0 bridgehead atoms. The van der Waals surface area contributed by atoms with Gasteiger partial charge in [0.25, 0.3) is 0 Å². The third-order valence-electron chi connectivity index (χ3n) is 3.01. The first-order chi connectivity index (χ1) is 8.34. The second-order valence-corrected chi connectivity index (χ2v) is 4.16. The van der Waals surface area contributed by atoms with Crippen LogP contribution in [0.1, 0.15) is 24.1 Å². The molecule has 2 aromatic rings. The average molecular weight is 227 g/mol. The van der Waals surface area contributed by atoms with E-state index in [2.05, 4.69) is 19.9 Å². The lowest BCUT2D eigenvalue weighted by Gasteiger charge is -2.16. The quantitative estimate of drug-likeness (QED) is 0.796. The van der Waals surface area contributed by atoms with Crippen molar-refractivity contribution in [1.82, 2.24) is 19.9 Å². The Balaban J connectivity index is 2.11. The van der Waals surface area contributed by atoms with Crippen LogP contribution in [0, 0.1) is 0 Å². The highest BCUT2D eigenvalue weighted by molar-refractivity contribution is 5.54. The zero-order valence-corrected chi connectivity index (χ0v) is 9.43. The van der Waals surface area contributed by atoms with Crippen LogP contribution in [0.15, 0.2) is 18.6 Å². The molecule has 2 heterocycles. The molecule has 1 aliphatic carbocycles. The van der Waals surface area contributed by atoms with Crippen LogP contribution in [0.5, 0.6) is 0 Å². The number of aromatic nitrogens is 4. The van der Waals surface area contributed by atoms with E-state index in [1.165, 1.54) is 12.8 Å². The summed E-state index contributed by atoms with van der Waals surface area (Å²) in [6, 6.07) is 0. The van der Waals surface area contributed by atoms with Crippen LogP contribution >= 0.6 is 0 Å². The lowest BCUT2D eigenvalue weighted by Crippen LogP contribution is -2.12. The van der Waals surface area contributed by atoms with Crippen molar-refractivity contribution in [3.8, 4) is 11.5 Å². The predicted molar refractivity (Wildman–Crippen MR) is 64.1 cm³/mol. The van der Waals surface area contributed by atoms with Crippen molar-refractivity contribution < 1.29 is 0 Å². The van der Waals surface area contributed by atoms with Gasteiger partial charge in [0.2, 0.25) is 0 Å². The molecule has 0 fully saturated rings. The number of aryl methyl sites for hydroxylation is 1. The van der Waals surface area contributed by atoms with Gasteiger partial charge in [-0.15, -0.1) is 0 Å². The van der Waals surface area contributed by atoms with Crippen LogP contribution in [0.3, 0.4) is 0 Å². The van der Waals surface area contributed by atoms with Crippen LogP contribution in [0.25, 0.3) is 11.5 Å². The van der Waals surface area contributed by atoms with Crippen molar-refractivity contribution in [2.24, 2.45) is 0 Å². The van der Waals surface area contributed by atoms with Crippen molar-refractivity contribution in [3.05, 3.63) is 29.8 Å². The molecule has 0 aromatic carbocycles. The van der Waals surface area contributed by atoms with E-state index < -0.39 is 0 Å². The number of nitrogens with zero attached hydrogens (tertiary/aromatic N) is 4. The van der Waals surface area contributed by atoms with Gasteiger partial charge in [-0.25, -0.2) is 15.0 Å². The number of anilines is 1. The molecule has 5 heteroatoms. The standard InChI is InChI=1S/C12H13N5/c13-11-8-3-1-2-4-9(8)16-12(17-11)10-7-14-5-6-15-10/h5-7H,1-4H2,(H2,13,16,17). The molecule has 0 unspecified atom stereocenters. The highest BCUT2D eigenvalue weighted by atomic mass is 15.0. The zero-order chi connectivity index (χ0) is 11.7. The third kappa shape index (κ3) is 1.84. The fraction of sp³-hybridized carbons (Fsp3) is 0.333. The van der Waals surface area contributed by atoms with Gasteiger partial charge in [-0.2, -0.15) is 0 Å². The number of rotatable bonds is 1. The van der Waals surface area contributed by atoms with Gasteiger partial charge in [0.1, 0.15) is 11.5 Å². The molecule has 0 radical (unpaired) electrons. The van der Waals surface area contributed by atoms with E-state index >= 15 is 0 Å². The molecule has 2 N–H and O–H groups in total. The van der Waals surface area contributed by atoms with Gasteiger partial charge in [0, 0.05) is 23.7 Å². The zero-order valence-electron chi connectivity index (χ0n) is 9.43. The van der Waals surface area contributed by atoms with Gasteiger partial charge in [0.05, 0.1) is 6.20 Å². The molecule has 17 heavy (non-hydrogen) atoms. The van der Waals surface area contributed by atoms with E-state index in [4.69, 9.17) is 5.73 Å². The molecular weight excluding hydrogens is 214 g/mol. The first kappa shape index (κ1) is 10.1. The molecule has 86 valence electrons. The average Bonchev–Trinajstić information content (AvgIpc) is 2.40. The molecule has 1 aliphatic rings. The minimum Gasteiger partial charge on any atom is -0.383 e. The molecule has 0 aliphatic heterocycles. The van der Waals surface area contributed by atoms with Gasteiger partial charge in [0.15, 0.2) is 5.82 Å². The first-order valence-corrected chi connectivity index (χ1v) is 5.76. The fourth-order valence-electron chi connectivity index (χ4n) is 2.15. The molecule has 0 atom stereocenters. The van der Waals surface area contributed by atoms with E-state index in [9.17, 15) is 0 Å². The lowest BCUT2D eigenvalue weighted by atomic mass is 9.96. The van der Waals surface area contributed by atoms with E-state index in [0.717, 1.165) is 24.1 Å². The molecule has 2 aromatic heterocycles. The molecule has 5 nitrogen and oxygen atoms in total. The van der Waals surface area contributed by atoms with Crippen LogP contribution < -0.4 is 5.73 Å². The number of nitrogens with two attached hydrogens (primary N) is 1. The van der Waals surface area contributed by atoms with Gasteiger partial charge >= 0.3 is 0 Å². The summed E-state index contributed by atoms with van der Waals surface area (Å²) < 4.78 is 0. The Kier molecular flexibility index (Phi) is 2.44. The Morgan fingerprint density at radius 1 is 1.06 bits per heavy atom. The maximum atomic E-state index is 5.98. The van der Waals surface area contributed by atoms with Crippen LogP contribution in [0.2, 0.25) is 0 Å². The van der Waals surface area contributed by atoms with Crippen LogP contribution in [0.4, 0.5) is 5.82 Å². The summed E-state index contributed by atoms with van der Waals surface area (Å²) in [5, 5.41) is 0. The highest BCUT2D eigenvalue weighted by Gasteiger charge is 2.17. The minimum absolute atomic E-state index is 0.580. The summed E-state index contributed by atoms with van der Waals surface area (Å²) in [4.78, 5) is 17.1. The normalized spacial score (nSPS) is 14.4. The summed E-state index contributed by atoms with van der Waals surface area (Å²) in [5.41, 5.74) is 8.84. The summed E-state index contributed by atoms with van der Waals surface area (Å²) in [5.74, 6) is 1.17. The SMILES string of the molecule is Nc1nc(-c2cnccn2)nc2c1CCCC2. The molecule has 0 saturated carbocycles. The summed E-state index contributed by atoms with van der Waals surface area (Å²) in [6.45, 7) is 0. The van der Waals surface area contributed by atoms with E-state index in [1.807, 2.05) is 0 Å². The van der Waals surface area contributed by atoms with Crippen molar-refractivity contribution in [1.29, 1.82) is 0 Å². The topological polar surface area (TPSA) is 77.6 Å². The largest absolute Gasteiger partial charge is 0.383 e. The Bertz CT molecular complexity index is 538. The number of fused-ring (bicyclic) bond motifs is 1. The van der Waals surface area contributed by atoms with Gasteiger partial charge in [-0.3, -0.25) is 4.98 Å². The minimum atomic E-state index is 0.580. The van der Waals surface area contributed by atoms with E-state index in [1.54, 1.807) is 18.6 Å². The molecular formula is C12H13N5. The van der Waals surface area contributed by atoms with Crippen molar-refractivity contribution in [2.75, 3.05) is 5.73 Å². The van der Waals surface area contributed by atoms with E-state index in [-0.39, 0.29) is 0 Å². The number of nitrogen functional groups attached to an aromatic ring is 1. The van der Waals surface area contributed by atoms with Gasteiger partial charge in [-0.1, -0.05) is 0 Å². The number of hydrogen-bond donors (Lipinski definition) is 1. The maximum absolute atomic E-state index is 5.98. The first-order valence-electron chi connectivity index (χ1n) is 5.76. The molecule has 0 spiro atoms. The van der Waals surface area contributed by atoms with E-state index in [0.29, 0.717) is 17.3 Å².